The van der Waals surface area contributed by atoms with Gasteiger partial charge < -0.3 is 4.74 Å². The maximum Gasteiger partial charge on any atom is 0.0953 e. The van der Waals surface area contributed by atoms with Crippen molar-refractivity contribution in [2.75, 3.05) is 13.2 Å². The van der Waals surface area contributed by atoms with Crippen molar-refractivity contribution < 1.29 is 4.74 Å². The van der Waals surface area contributed by atoms with E-state index in [-0.39, 0.29) is 12.1 Å². The summed E-state index contributed by atoms with van der Waals surface area (Å²) in [6.45, 7) is 9.69. The van der Waals surface area contributed by atoms with Crippen molar-refractivity contribution in [1.82, 2.24) is 5.32 Å². The Morgan fingerprint density at radius 3 is 2.36 bits per heavy atom. The lowest BCUT2D eigenvalue weighted by atomic mass is 10.0. The molecule has 0 aliphatic carbocycles. The molecular weight excluding hydrogens is 176 g/mol. The fourth-order valence-corrected chi connectivity index (χ4v) is 1.18. The van der Waals surface area contributed by atoms with E-state index >= 15 is 0 Å². The Hall–Kier alpha value is -0.590. The zero-order chi connectivity index (χ0) is 11.0. The van der Waals surface area contributed by atoms with Gasteiger partial charge in [-0.25, -0.2) is 0 Å². The SMILES string of the molecule is CCOCC(NC(C#N)CC)C(C)C. The first-order chi connectivity index (χ1) is 6.65. The second kappa shape index (κ2) is 7.78. The van der Waals surface area contributed by atoms with Crippen molar-refractivity contribution in [3.05, 3.63) is 0 Å². The van der Waals surface area contributed by atoms with Gasteiger partial charge >= 0.3 is 0 Å². The first-order valence-corrected chi connectivity index (χ1v) is 5.39. The molecule has 0 spiro atoms. The summed E-state index contributed by atoms with van der Waals surface area (Å²) in [7, 11) is 0. The Kier molecular flexibility index (Phi) is 7.45. The highest BCUT2D eigenvalue weighted by atomic mass is 16.5. The van der Waals surface area contributed by atoms with Crippen molar-refractivity contribution in [3.8, 4) is 6.07 Å². The molecule has 1 N–H and O–H groups in total. The third kappa shape index (κ3) is 5.21. The number of nitrogens with one attached hydrogen (secondary N) is 1. The van der Waals surface area contributed by atoms with Crippen LogP contribution >= 0.6 is 0 Å². The lowest BCUT2D eigenvalue weighted by Crippen LogP contribution is -2.43. The van der Waals surface area contributed by atoms with Crippen LogP contribution in [0.3, 0.4) is 0 Å². The number of nitrogens with zero attached hydrogens (tertiary/aromatic N) is 1. The van der Waals surface area contributed by atoms with Crippen molar-refractivity contribution in [2.45, 2.75) is 46.2 Å². The standard InChI is InChI=1S/C11H22N2O/c1-5-10(7-12)13-11(9(3)4)8-14-6-2/h9-11,13H,5-6,8H2,1-4H3. The van der Waals surface area contributed by atoms with Gasteiger partial charge in [-0.1, -0.05) is 20.8 Å². The molecule has 0 saturated carbocycles. The van der Waals surface area contributed by atoms with Crippen LogP contribution in [0.4, 0.5) is 0 Å². The van der Waals surface area contributed by atoms with Gasteiger partial charge in [-0.15, -0.1) is 0 Å². The molecule has 0 aliphatic rings. The van der Waals surface area contributed by atoms with Gasteiger partial charge in [0.2, 0.25) is 0 Å². The van der Waals surface area contributed by atoms with Crippen LogP contribution < -0.4 is 5.32 Å². The van der Waals surface area contributed by atoms with Crippen molar-refractivity contribution >= 4 is 0 Å². The van der Waals surface area contributed by atoms with E-state index in [1.54, 1.807) is 0 Å². The lowest BCUT2D eigenvalue weighted by Gasteiger charge is -2.24. The van der Waals surface area contributed by atoms with Crippen LogP contribution in [0.5, 0.6) is 0 Å². The Bertz CT molecular complexity index is 175. The second-order valence-corrected chi connectivity index (χ2v) is 3.77. The van der Waals surface area contributed by atoms with Crippen LogP contribution in [-0.4, -0.2) is 25.3 Å². The van der Waals surface area contributed by atoms with E-state index in [4.69, 9.17) is 10.00 Å². The Balaban J connectivity index is 4.02. The summed E-state index contributed by atoms with van der Waals surface area (Å²) in [5.74, 6) is 0.490. The highest BCUT2D eigenvalue weighted by Gasteiger charge is 2.16. The van der Waals surface area contributed by atoms with Crippen molar-refractivity contribution in [3.63, 3.8) is 0 Å². The predicted molar refractivity (Wildman–Crippen MR) is 57.9 cm³/mol. The summed E-state index contributed by atoms with van der Waals surface area (Å²) in [6.07, 6.45) is 0.839. The molecule has 2 atom stereocenters. The fourth-order valence-electron chi connectivity index (χ4n) is 1.18. The minimum absolute atomic E-state index is 0.0529. The molecule has 0 bridgehead atoms. The van der Waals surface area contributed by atoms with Crippen molar-refractivity contribution in [1.29, 1.82) is 5.26 Å². The molecular formula is C11H22N2O. The monoisotopic (exact) mass is 198 g/mol. The summed E-state index contributed by atoms with van der Waals surface area (Å²) in [4.78, 5) is 0. The van der Waals surface area contributed by atoms with E-state index in [0.29, 0.717) is 12.5 Å². The first-order valence-electron chi connectivity index (χ1n) is 5.39. The van der Waals surface area contributed by atoms with E-state index in [1.807, 2.05) is 13.8 Å². The van der Waals surface area contributed by atoms with E-state index in [1.165, 1.54) is 0 Å². The quantitative estimate of drug-likeness (QED) is 0.680. The van der Waals surface area contributed by atoms with Crippen LogP contribution in [0, 0.1) is 17.2 Å². The molecule has 0 aromatic carbocycles. The Morgan fingerprint density at radius 2 is 2.00 bits per heavy atom. The van der Waals surface area contributed by atoms with Crippen molar-refractivity contribution in [2.24, 2.45) is 5.92 Å². The van der Waals surface area contributed by atoms with E-state index in [9.17, 15) is 0 Å². The molecule has 2 unspecified atom stereocenters. The molecule has 3 nitrogen and oxygen atoms in total. The van der Waals surface area contributed by atoms with Gasteiger partial charge in [0, 0.05) is 12.6 Å². The molecule has 82 valence electrons. The summed E-state index contributed by atoms with van der Waals surface area (Å²) >= 11 is 0. The zero-order valence-electron chi connectivity index (χ0n) is 9.71. The average Bonchev–Trinajstić information content (AvgIpc) is 2.18. The van der Waals surface area contributed by atoms with Crippen LogP contribution in [-0.2, 0) is 4.74 Å². The number of hydrogen-bond acceptors (Lipinski definition) is 3. The Morgan fingerprint density at radius 1 is 1.36 bits per heavy atom. The lowest BCUT2D eigenvalue weighted by molar-refractivity contribution is 0.106. The summed E-state index contributed by atoms with van der Waals surface area (Å²) in [6, 6.07) is 2.47. The van der Waals surface area contributed by atoms with Gasteiger partial charge in [0.25, 0.3) is 0 Å². The predicted octanol–water partition coefficient (Wildman–Crippen LogP) is 1.94. The third-order valence-electron chi connectivity index (χ3n) is 2.29. The second-order valence-electron chi connectivity index (χ2n) is 3.77. The zero-order valence-corrected chi connectivity index (χ0v) is 9.71. The Labute approximate surface area is 87.4 Å². The van der Waals surface area contributed by atoms with Gasteiger partial charge in [0.15, 0.2) is 0 Å². The van der Waals surface area contributed by atoms with Crippen LogP contribution in [0.2, 0.25) is 0 Å². The minimum Gasteiger partial charge on any atom is -0.380 e. The molecule has 0 fully saturated rings. The molecule has 3 heteroatoms. The highest BCUT2D eigenvalue weighted by Crippen LogP contribution is 2.04. The average molecular weight is 198 g/mol. The van der Waals surface area contributed by atoms with Gasteiger partial charge in [-0.05, 0) is 19.3 Å². The third-order valence-corrected chi connectivity index (χ3v) is 2.29. The molecule has 0 heterocycles. The first kappa shape index (κ1) is 13.4. The normalized spacial score (nSPS) is 15.1. The summed E-state index contributed by atoms with van der Waals surface area (Å²) < 4.78 is 5.37. The molecule has 0 saturated heterocycles. The van der Waals surface area contributed by atoms with Gasteiger partial charge in [0.1, 0.15) is 0 Å². The number of ether oxygens (including phenoxy) is 1. The molecule has 0 aromatic heterocycles. The van der Waals surface area contributed by atoms with E-state index in [0.717, 1.165) is 13.0 Å². The van der Waals surface area contributed by atoms with Gasteiger partial charge in [0.05, 0.1) is 18.7 Å². The molecule has 0 amide bonds. The highest BCUT2D eigenvalue weighted by molar-refractivity contribution is 4.91. The smallest absolute Gasteiger partial charge is 0.0953 e. The largest absolute Gasteiger partial charge is 0.380 e. The molecule has 0 radical (unpaired) electrons. The minimum atomic E-state index is -0.0529. The van der Waals surface area contributed by atoms with Crippen LogP contribution in [0.25, 0.3) is 0 Å². The maximum atomic E-state index is 8.83. The summed E-state index contributed by atoms with van der Waals surface area (Å²) in [5, 5.41) is 12.1. The number of nitriles is 1. The van der Waals surface area contributed by atoms with E-state index < -0.39 is 0 Å². The topological polar surface area (TPSA) is 45.0 Å². The van der Waals surface area contributed by atoms with Crippen LogP contribution in [0.1, 0.15) is 34.1 Å². The van der Waals surface area contributed by atoms with Gasteiger partial charge in [-0.3, -0.25) is 5.32 Å². The number of hydrogen-bond donors (Lipinski definition) is 1. The molecule has 0 rings (SSSR count). The number of rotatable bonds is 7. The van der Waals surface area contributed by atoms with Crippen LogP contribution in [0.15, 0.2) is 0 Å². The summed E-state index contributed by atoms with van der Waals surface area (Å²) in [5.41, 5.74) is 0. The molecule has 0 aromatic rings. The molecule has 0 aliphatic heterocycles. The fraction of sp³-hybridized carbons (Fsp3) is 0.909. The van der Waals surface area contributed by atoms with E-state index in [2.05, 4.69) is 25.2 Å². The maximum absolute atomic E-state index is 8.83. The molecule has 14 heavy (non-hydrogen) atoms. The van der Waals surface area contributed by atoms with Gasteiger partial charge in [-0.2, -0.15) is 5.26 Å².